The van der Waals surface area contributed by atoms with Crippen LogP contribution < -0.4 is 10.6 Å². The van der Waals surface area contributed by atoms with Gasteiger partial charge in [-0.15, -0.1) is 0 Å². The van der Waals surface area contributed by atoms with Crippen LogP contribution in [0, 0.1) is 22.7 Å². The van der Waals surface area contributed by atoms with E-state index in [2.05, 4.69) is 10.6 Å². The third kappa shape index (κ3) is 8.57. The third-order valence-electron chi connectivity index (χ3n) is 12.6. The number of halogens is 4. The molecule has 0 saturated carbocycles. The molecule has 4 aliphatic rings. The lowest BCUT2D eigenvalue weighted by Gasteiger charge is -2.50. The molecule has 4 aromatic carbocycles. The second-order valence-corrected chi connectivity index (χ2v) is 17.9. The lowest BCUT2D eigenvalue weighted by atomic mass is 9.51. The summed E-state index contributed by atoms with van der Waals surface area (Å²) in [6.07, 6.45) is 19.2. The molecule has 0 saturated heterocycles. The minimum atomic E-state index is -1.63. The Morgan fingerprint density at radius 1 is 0.562 bits per heavy atom. The summed E-state index contributed by atoms with van der Waals surface area (Å²) in [4.78, 5) is 47.1. The molecular weight excluding hydrogens is 886 g/mol. The van der Waals surface area contributed by atoms with Crippen LogP contribution >= 0.6 is 46.4 Å². The number of allylic oxidation sites excluding steroid dienone is 12. The molecule has 8 rings (SSSR count). The molecule has 0 fully saturated rings. The molecule has 0 amide bonds. The van der Waals surface area contributed by atoms with Gasteiger partial charge in [-0.05, 0) is 95.8 Å². The Kier molecular flexibility index (Phi) is 13.6. The van der Waals surface area contributed by atoms with Crippen molar-refractivity contribution < 1.29 is 24.6 Å². The normalized spacial score (nSPS) is 22.7. The highest BCUT2D eigenvalue weighted by Crippen LogP contribution is 2.58. The largest absolute Gasteiger partial charge is 0.396 e. The first-order valence-electron chi connectivity index (χ1n) is 21.0. The molecular formula is C53H44Cl4N2O5. The minimum Gasteiger partial charge on any atom is -0.396 e. The highest BCUT2D eigenvalue weighted by Gasteiger charge is 2.58. The SMILES string of the molecule is O=C(C1=CC(CCO)(C(=O)C2(CCO)C=C(C(=O)c3ccccc3)C(c3ccc(Cl)c(Cl)c3)=CC2C2=CNC=CC2)C(C2=CNC=CC2)C=C1c1ccc(Cl)c(Cl)c1)c1ccccc1. The number of aliphatic hydroxyl groups is 2. The molecule has 2 heterocycles. The first-order valence-corrected chi connectivity index (χ1v) is 22.5. The van der Waals surface area contributed by atoms with Gasteiger partial charge in [-0.1, -0.05) is 156 Å². The van der Waals surface area contributed by atoms with Crippen molar-refractivity contribution >= 4 is 74.9 Å². The number of rotatable bonds is 14. The average Bonchev–Trinajstić information content (AvgIpc) is 3.33. The maximum absolute atomic E-state index is 17.0. The number of carbonyl (C=O) groups is 3. The van der Waals surface area contributed by atoms with Crippen LogP contribution in [0.25, 0.3) is 11.1 Å². The Bertz CT molecular complexity index is 2580. The Hall–Kier alpha value is -5.51. The third-order valence-corrected chi connectivity index (χ3v) is 14.0. The molecule has 0 bridgehead atoms. The van der Waals surface area contributed by atoms with Crippen molar-refractivity contribution in [3.8, 4) is 0 Å². The topological polar surface area (TPSA) is 116 Å². The molecule has 324 valence electrons. The summed E-state index contributed by atoms with van der Waals surface area (Å²) in [5.41, 5.74) is 1.88. The van der Waals surface area contributed by atoms with Crippen molar-refractivity contribution in [3.05, 3.63) is 223 Å². The predicted octanol–water partition coefficient (Wildman–Crippen LogP) is 11.7. The lowest BCUT2D eigenvalue weighted by molar-refractivity contribution is -0.139. The van der Waals surface area contributed by atoms with Crippen molar-refractivity contribution in [1.82, 2.24) is 10.6 Å². The van der Waals surface area contributed by atoms with Gasteiger partial charge in [0.15, 0.2) is 17.3 Å². The number of hydrogen-bond acceptors (Lipinski definition) is 7. The van der Waals surface area contributed by atoms with Crippen LogP contribution in [0.2, 0.25) is 20.1 Å². The van der Waals surface area contributed by atoms with Gasteiger partial charge < -0.3 is 20.8 Å². The summed E-state index contributed by atoms with van der Waals surface area (Å²) in [7, 11) is 0. The second kappa shape index (κ2) is 19.3. The number of benzene rings is 4. The maximum Gasteiger partial charge on any atom is 0.193 e. The van der Waals surface area contributed by atoms with Crippen molar-refractivity contribution in [3.63, 3.8) is 0 Å². The molecule has 0 spiro atoms. The number of nitrogens with one attached hydrogen (secondary N) is 2. The smallest absolute Gasteiger partial charge is 0.193 e. The molecule has 4 unspecified atom stereocenters. The van der Waals surface area contributed by atoms with E-state index in [0.717, 1.165) is 11.1 Å². The van der Waals surface area contributed by atoms with Crippen LogP contribution in [0.1, 0.15) is 57.5 Å². The molecule has 64 heavy (non-hydrogen) atoms. The molecule has 0 aromatic heterocycles. The average molecular weight is 931 g/mol. The van der Waals surface area contributed by atoms with Crippen molar-refractivity contribution in [2.45, 2.75) is 25.7 Å². The van der Waals surface area contributed by atoms with Gasteiger partial charge in [0.2, 0.25) is 0 Å². The Labute approximate surface area is 392 Å². The quantitative estimate of drug-likeness (QED) is 0.0931. The first-order chi connectivity index (χ1) is 31.0. The van der Waals surface area contributed by atoms with Crippen LogP contribution in [0.4, 0.5) is 0 Å². The Balaban J connectivity index is 1.44. The maximum atomic E-state index is 17.0. The predicted molar refractivity (Wildman–Crippen MR) is 257 cm³/mol. The molecule has 4 atom stereocenters. The number of carbonyl (C=O) groups excluding carboxylic acids is 3. The van der Waals surface area contributed by atoms with E-state index in [0.29, 0.717) is 56.3 Å². The fourth-order valence-corrected chi connectivity index (χ4v) is 10.1. The first kappa shape index (κ1) is 45.1. The number of ketones is 3. The number of dihydropyridines is 2. The highest BCUT2D eigenvalue weighted by molar-refractivity contribution is 6.42. The summed E-state index contributed by atoms with van der Waals surface area (Å²) >= 11 is 26.1. The van der Waals surface area contributed by atoms with Gasteiger partial charge in [-0.2, -0.15) is 0 Å². The second-order valence-electron chi connectivity index (χ2n) is 16.2. The molecule has 2 aliphatic carbocycles. The Morgan fingerprint density at radius 2 is 0.969 bits per heavy atom. The van der Waals surface area contributed by atoms with Gasteiger partial charge >= 0.3 is 0 Å². The van der Waals surface area contributed by atoms with Crippen molar-refractivity contribution in [2.24, 2.45) is 22.7 Å². The summed E-state index contributed by atoms with van der Waals surface area (Å²) in [5, 5.41) is 30.1. The molecule has 2 aliphatic heterocycles. The summed E-state index contributed by atoms with van der Waals surface area (Å²) in [6, 6.07) is 27.9. The van der Waals surface area contributed by atoms with Gasteiger partial charge in [0.25, 0.3) is 0 Å². The molecule has 0 radical (unpaired) electrons. The fourth-order valence-electron chi connectivity index (χ4n) is 9.52. The minimum absolute atomic E-state index is 0.107. The number of hydrogen-bond donors (Lipinski definition) is 4. The van der Waals surface area contributed by atoms with Gasteiger partial charge in [-0.3, -0.25) is 14.4 Å². The zero-order valence-corrected chi connectivity index (χ0v) is 37.6. The van der Waals surface area contributed by atoms with Crippen molar-refractivity contribution in [1.29, 1.82) is 0 Å². The van der Waals surface area contributed by atoms with Crippen LogP contribution in [-0.4, -0.2) is 40.8 Å². The van der Waals surface area contributed by atoms with Gasteiger partial charge in [0, 0.05) is 59.7 Å². The zero-order valence-electron chi connectivity index (χ0n) is 34.5. The van der Waals surface area contributed by atoms with E-state index in [1.54, 1.807) is 97.1 Å². The van der Waals surface area contributed by atoms with E-state index < -0.39 is 35.9 Å². The van der Waals surface area contributed by atoms with E-state index in [4.69, 9.17) is 46.4 Å². The summed E-state index contributed by atoms with van der Waals surface area (Å²) in [6.45, 7) is -0.871. The van der Waals surface area contributed by atoms with Crippen LogP contribution in [0.5, 0.6) is 0 Å². The van der Waals surface area contributed by atoms with Crippen molar-refractivity contribution in [2.75, 3.05) is 13.2 Å². The van der Waals surface area contributed by atoms with Crippen LogP contribution in [0.15, 0.2) is 181 Å². The monoisotopic (exact) mass is 928 g/mol. The molecule has 7 nitrogen and oxygen atoms in total. The molecule has 4 aromatic rings. The van der Waals surface area contributed by atoms with Gasteiger partial charge in [-0.25, -0.2) is 0 Å². The number of aliphatic hydroxyl groups excluding tert-OH is 2. The van der Waals surface area contributed by atoms with E-state index in [1.165, 1.54) is 0 Å². The highest BCUT2D eigenvalue weighted by atomic mass is 35.5. The van der Waals surface area contributed by atoms with E-state index in [-0.39, 0.29) is 51.4 Å². The van der Waals surface area contributed by atoms with E-state index in [1.807, 2.05) is 61.2 Å². The summed E-state index contributed by atoms with van der Waals surface area (Å²) in [5.74, 6) is -2.58. The molecule has 4 N–H and O–H groups in total. The van der Waals surface area contributed by atoms with E-state index >= 15 is 14.4 Å². The fraction of sp³-hybridized carbons (Fsp3) is 0.189. The van der Waals surface area contributed by atoms with E-state index in [9.17, 15) is 10.2 Å². The zero-order chi connectivity index (χ0) is 45.0. The van der Waals surface area contributed by atoms with Crippen LogP contribution in [-0.2, 0) is 4.79 Å². The van der Waals surface area contributed by atoms with Gasteiger partial charge in [0.05, 0.1) is 30.9 Å². The number of Topliss-reactive ketones (excluding diaryl/α,β-unsaturated/α-hetero) is 3. The summed E-state index contributed by atoms with van der Waals surface area (Å²) < 4.78 is 0. The molecule has 11 heteroatoms. The van der Waals surface area contributed by atoms with Gasteiger partial charge in [0.1, 0.15) is 0 Å². The lowest BCUT2D eigenvalue weighted by Crippen LogP contribution is -2.52. The Morgan fingerprint density at radius 3 is 1.31 bits per heavy atom. The standard InChI is InChI=1S/C53H44Cl4N2O5/c54-45-17-15-35(25-47(45)56)39-27-43(37-13-7-21-58-31-37)52(19-23-60,29-41(39)49(62)33-9-3-1-4-10-33)51(64)53(20-24-61)30-42(50(63)34-11-5-2-6-12-34)40(36-16-18-46(55)48(57)26-36)28-44(53)38-14-8-22-59-32-38/h1-12,15-18,21-22,25-32,43-44,58-61H,13-14,19-20,23-24H2. The van der Waals surface area contributed by atoms with Crippen LogP contribution in [0.3, 0.4) is 0 Å².